The molecule has 21 heavy (non-hydrogen) atoms. The zero-order valence-corrected chi connectivity index (χ0v) is 12.5. The van der Waals surface area contributed by atoms with Crippen LogP contribution in [0.5, 0.6) is 0 Å². The third-order valence-corrected chi connectivity index (χ3v) is 4.02. The van der Waals surface area contributed by atoms with Crippen molar-refractivity contribution in [2.24, 2.45) is 0 Å². The Balaban J connectivity index is 1.89. The lowest BCUT2D eigenvalue weighted by Gasteiger charge is -2.27. The molecule has 1 aromatic heterocycles. The summed E-state index contributed by atoms with van der Waals surface area (Å²) in [6.45, 7) is 3.59. The minimum Gasteiger partial charge on any atom is -0.383 e. The van der Waals surface area contributed by atoms with Gasteiger partial charge in [0.05, 0.1) is 12.8 Å². The molecule has 1 saturated heterocycles. The van der Waals surface area contributed by atoms with Gasteiger partial charge < -0.3 is 15.0 Å². The van der Waals surface area contributed by atoms with Crippen molar-refractivity contribution in [3.8, 4) is 0 Å². The van der Waals surface area contributed by atoms with Crippen molar-refractivity contribution in [3.05, 3.63) is 30.5 Å². The lowest BCUT2D eigenvalue weighted by atomic mass is 10.1. The van der Waals surface area contributed by atoms with E-state index in [4.69, 9.17) is 4.74 Å². The first-order valence-electron chi connectivity index (χ1n) is 7.56. The number of ether oxygens (including phenoxy) is 1. The van der Waals surface area contributed by atoms with Crippen LogP contribution in [0.3, 0.4) is 0 Å². The molecule has 1 unspecified atom stereocenters. The van der Waals surface area contributed by atoms with Crippen molar-refractivity contribution in [2.75, 3.05) is 38.3 Å². The van der Waals surface area contributed by atoms with Crippen LogP contribution in [0.1, 0.15) is 12.8 Å². The van der Waals surface area contributed by atoms with Crippen molar-refractivity contribution in [1.29, 1.82) is 0 Å². The van der Waals surface area contributed by atoms with Gasteiger partial charge in [0, 0.05) is 37.0 Å². The van der Waals surface area contributed by atoms with Gasteiger partial charge in [0.2, 0.25) is 0 Å². The number of anilines is 1. The summed E-state index contributed by atoms with van der Waals surface area (Å²) in [5.74, 6) is 0.957. The first-order valence-corrected chi connectivity index (χ1v) is 7.56. The molecule has 0 saturated carbocycles. The molecule has 1 aromatic carbocycles. The second-order valence-corrected chi connectivity index (χ2v) is 5.49. The van der Waals surface area contributed by atoms with Crippen molar-refractivity contribution in [3.63, 3.8) is 0 Å². The van der Waals surface area contributed by atoms with Gasteiger partial charge in [0.15, 0.2) is 5.82 Å². The summed E-state index contributed by atoms with van der Waals surface area (Å²) >= 11 is 0. The second kappa shape index (κ2) is 6.83. The summed E-state index contributed by atoms with van der Waals surface area (Å²) in [5.41, 5.74) is 0. The third-order valence-electron chi connectivity index (χ3n) is 4.02. The minimum atomic E-state index is 0.530. The lowest BCUT2D eigenvalue weighted by Crippen LogP contribution is -2.39. The molecule has 0 radical (unpaired) electrons. The molecule has 1 aliphatic rings. The lowest BCUT2D eigenvalue weighted by molar-refractivity contribution is 0.204. The fraction of sp³-hybridized carbons (Fsp3) is 0.500. The van der Waals surface area contributed by atoms with Gasteiger partial charge in [-0.3, -0.25) is 0 Å². The van der Waals surface area contributed by atoms with E-state index in [1.54, 1.807) is 7.11 Å². The molecular weight excluding hydrogens is 264 g/mol. The maximum Gasteiger partial charge on any atom is 0.159 e. The highest BCUT2D eigenvalue weighted by Crippen LogP contribution is 2.24. The molecule has 0 bridgehead atoms. The highest BCUT2D eigenvalue weighted by Gasteiger charge is 2.20. The largest absolute Gasteiger partial charge is 0.383 e. The molecule has 5 nitrogen and oxygen atoms in total. The number of rotatable bonds is 6. The Kier molecular flexibility index (Phi) is 4.62. The second-order valence-electron chi connectivity index (χ2n) is 5.49. The Morgan fingerprint density at radius 1 is 1.38 bits per heavy atom. The molecule has 1 fully saturated rings. The van der Waals surface area contributed by atoms with Crippen LogP contribution in [0.15, 0.2) is 30.5 Å². The SMILES string of the molecule is COCCN(CC1CCCN1)c1nncc2ccccc12. The summed E-state index contributed by atoms with van der Waals surface area (Å²) in [6.07, 6.45) is 4.30. The average molecular weight is 286 g/mol. The molecule has 0 aliphatic carbocycles. The van der Waals surface area contributed by atoms with Crippen LogP contribution in [-0.4, -0.2) is 49.6 Å². The van der Waals surface area contributed by atoms with Crippen molar-refractivity contribution in [1.82, 2.24) is 15.5 Å². The summed E-state index contributed by atoms with van der Waals surface area (Å²) in [5, 5.41) is 14.4. The number of fused-ring (bicyclic) bond motifs is 1. The molecule has 2 heterocycles. The molecule has 1 atom stereocenters. The van der Waals surface area contributed by atoms with E-state index >= 15 is 0 Å². The van der Waals surface area contributed by atoms with Gasteiger partial charge >= 0.3 is 0 Å². The van der Waals surface area contributed by atoms with Gasteiger partial charge in [-0.1, -0.05) is 24.3 Å². The Morgan fingerprint density at radius 2 is 2.29 bits per heavy atom. The van der Waals surface area contributed by atoms with Crippen LogP contribution in [0.2, 0.25) is 0 Å². The highest BCUT2D eigenvalue weighted by molar-refractivity contribution is 5.91. The van der Waals surface area contributed by atoms with Crippen molar-refractivity contribution in [2.45, 2.75) is 18.9 Å². The smallest absolute Gasteiger partial charge is 0.159 e. The molecule has 112 valence electrons. The first kappa shape index (κ1) is 14.2. The zero-order valence-electron chi connectivity index (χ0n) is 12.5. The number of nitrogens with one attached hydrogen (secondary N) is 1. The van der Waals surface area contributed by atoms with Crippen LogP contribution < -0.4 is 10.2 Å². The Bertz CT molecular complexity index is 578. The van der Waals surface area contributed by atoms with E-state index in [-0.39, 0.29) is 0 Å². The summed E-state index contributed by atoms with van der Waals surface area (Å²) in [4.78, 5) is 2.29. The molecule has 5 heteroatoms. The molecule has 1 aliphatic heterocycles. The van der Waals surface area contributed by atoms with E-state index in [0.29, 0.717) is 12.6 Å². The van der Waals surface area contributed by atoms with E-state index in [0.717, 1.165) is 36.2 Å². The van der Waals surface area contributed by atoms with Crippen molar-refractivity contribution < 1.29 is 4.74 Å². The maximum atomic E-state index is 5.26. The number of benzene rings is 1. The summed E-state index contributed by atoms with van der Waals surface area (Å²) < 4.78 is 5.26. The molecule has 3 rings (SSSR count). The van der Waals surface area contributed by atoms with Gasteiger partial charge in [0.25, 0.3) is 0 Å². The van der Waals surface area contributed by atoms with Crippen LogP contribution in [-0.2, 0) is 4.74 Å². The van der Waals surface area contributed by atoms with Crippen LogP contribution in [0.4, 0.5) is 5.82 Å². The monoisotopic (exact) mass is 286 g/mol. The standard InChI is InChI=1S/C16H22N4O/c1-21-10-9-20(12-14-6-4-8-17-14)16-15-7-3-2-5-13(15)11-18-19-16/h2-3,5,7,11,14,17H,4,6,8-10,12H2,1H3. The third kappa shape index (κ3) is 3.31. The zero-order chi connectivity index (χ0) is 14.5. The van der Waals surface area contributed by atoms with E-state index in [1.165, 1.54) is 12.8 Å². The van der Waals surface area contributed by atoms with Crippen LogP contribution in [0.25, 0.3) is 10.8 Å². The quantitative estimate of drug-likeness (QED) is 0.878. The Morgan fingerprint density at radius 3 is 3.10 bits per heavy atom. The van der Waals surface area contributed by atoms with E-state index in [9.17, 15) is 0 Å². The van der Waals surface area contributed by atoms with Gasteiger partial charge in [-0.2, -0.15) is 5.10 Å². The Hall–Kier alpha value is -1.72. The fourth-order valence-corrected chi connectivity index (χ4v) is 2.91. The predicted molar refractivity (Wildman–Crippen MR) is 84.7 cm³/mol. The molecule has 0 spiro atoms. The first-order chi connectivity index (χ1) is 10.4. The van der Waals surface area contributed by atoms with Crippen molar-refractivity contribution >= 4 is 16.6 Å². The fourth-order valence-electron chi connectivity index (χ4n) is 2.91. The number of aromatic nitrogens is 2. The van der Waals surface area contributed by atoms with E-state index < -0.39 is 0 Å². The van der Waals surface area contributed by atoms with E-state index in [1.807, 2.05) is 12.3 Å². The highest BCUT2D eigenvalue weighted by atomic mass is 16.5. The van der Waals surface area contributed by atoms with Crippen LogP contribution in [0, 0.1) is 0 Å². The minimum absolute atomic E-state index is 0.530. The molecule has 1 N–H and O–H groups in total. The molecule has 0 amide bonds. The maximum absolute atomic E-state index is 5.26. The number of hydrogen-bond donors (Lipinski definition) is 1. The average Bonchev–Trinajstić information content (AvgIpc) is 3.04. The van der Waals surface area contributed by atoms with E-state index in [2.05, 4.69) is 38.6 Å². The van der Waals surface area contributed by atoms with Gasteiger partial charge in [-0.25, -0.2) is 0 Å². The van der Waals surface area contributed by atoms with Gasteiger partial charge in [0.1, 0.15) is 0 Å². The summed E-state index contributed by atoms with van der Waals surface area (Å²) in [6, 6.07) is 8.81. The Labute approximate surface area is 125 Å². The number of nitrogens with zero attached hydrogens (tertiary/aromatic N) is 3. The number of hydrogen-bond acceptors (Lipinski definition) is 5. The predicted octanol–water partition coefficient (Wildman–Crippen LogP) is 1.83. The van der Waals surface area contributed by atoms with Crippen LogP contribution >= 0.6 is 0 Å². The molecule has 2 aromatic rings. The normalized spacial score (nSPS) is 18.2. The van der Waals surface area contributed by atoms with Gasteiger partial charge in [-0.15, -0.1) is 5.10 Å². The topological polar surface area (TPSA) is 50.3 Å². The number of methoxy groups -OCH3 is 1. The molecular formula is C16H22N4O. The van der Waals surface area contributed by atoms with Gasteiger partial charge in [-0.05, 0) is 19.4 Å². The summed E-state index contributed by atoms with van der Waals surface area (Å²) in [7, 11) is 1.74.